The number of nitrogens with one attached hydrogen (secondary N) is 2. The molecule has 34 heavy (non-hydrogen) atoms. The number of carboxylic acid groups (broad SMARTS) is 2. The van der Waals surface area contributed by atoms with Crippen molar-refractivity contribution in [3.8, 4) is 0 Å². The number of amides is 2. The minimum absolute atomic E-state index is 0.245. The lowest BCUT2D eigenvalue weighted by atomic mass is 10.1. The number of nitrogen functional groups attached to an aromatic ring is 2. The monoisotopic (exact) mass is 476 g/mol. The van der Waals surface area contributed by atoms with E-state index < -0.39 is 11.9 Å². The van der Waals surface area contributed by atoms with Crippen molar-refractivity contribution in [1.82, 2.24) is 20.8 Å². The van der Waals surface area contributed by atoms with Crippen molar-refractivity contribution >= 4 is 23.8 Å². The van der Waals surface area contributed by atoms with E-state index >= 15 is 0 Å². The van der Waals surface area contributed by atoms with Crippen LogP contribution in [0, 0.1) is 0 Å². The van der Waals surface area contributed by atoms with Crippen LogP contribution in [0.1, 0.15) is 72.1 Å². The Morgan fingerprint density at radius 2 is 0.912 bits per heavy atom. The average Bonchev–Trinajstić information content (AvgIpc) is 2.86. The molecule has 0 aliphatic rings. The molecule has 186 valence electrons. The number of rotatable bonds is 11. The van der Waals surface area contributed by atoms with Gasteiger partial charge in [0.05, 0.1) is 0 Å². The van der Waals surface area contributed by atoms with Crippen LogP contribution in [0.5, 0.6) is 0 Å². The van der Waals surface area contributed by atoms with Crippen LogP contribution in [0.3, 0.4) is 0 Å². The van der Waals surface area contributed by atoms with E-state index in [1.807, 2.05) is 10.9 Å². The van der Waals surface area contributed by atoms with Crippen molar-refractivity contribution < 1.29 is 29.4 Å². The Kier molecular flexibility index (Phi) is 17.5. The Labute approximate surface area is 197 Å². The van der Waals surface area contributed by atoms with Crippen LogP contribution in [0.25, 0.3) is 0 Å². The number of nitrogens with zero attached hydrogens (tertiary/aromatic N) is 2. The molecule has 0 aliphatic heterocycles. The minimum Gasteiger partial charge on any atom is -0.481 e. The van der Waals surface area contributed by atoms with Gasteiger partial charge in [-0.05, 0) is 37.1 Å². The van der Waals surface area contributed by atoms with Crippen molar-refractivity contribution in [2.45, 2.75) is 51.4 Å². The van der Waals surface area contributed by atoms with E-state index in [0.717, 1.165) is 38.5 Å². The van der Waals surface area contributed by atoms with Crippen molar-refractivity contribution in [2.75, 3.05) is 0 Å². The molecule has 0 radical (unpaired) electrons. The maximum atomic E-state index is 10.7. The minimum atomic E-state index is -0.740. The van der Waals surface area contributed by atoms with Gasteiger partial charge in [0.25, 0.3) is 11.8 Å². The zero-order chi connectivity index (χ0) is 25.6. The fraction of sp³-hybridized carbons (Fsp3) is 0.364. The Morgan fingerprint density at radius 1 is 0.618 bits per heavy atom. The van der Waals surface area contributed by atoms with Gasteiger partial charge in [0.2, 0.25) is 0 Å². The molecule has 2 aromatic heterocycles. The number of carbonyl (C=O) groups is 4. The summed E-state index contributed by atoms with van der Waals surface area (Å²) in [6, 6.07) is 6.34. The van der Waals surface area contributed by atoms with Crippen molar-refractivity contribution in [3.63, 3.8) is 0 Å². The van der Waals surface area contributed by atoms with Gasteiger partial charge in [-0.3, -0.25) is 40.0 Å². The van der Waals surface area contributed by atoms with Gasteiger partial charge >= 0.3 is 11.9 Å². The quantitative estimate of drug-likeness (QED) is 0.119. The fourth-order valence-electron chi connectivity index (χ4n) is 2.43. The van der Waals surface area contributed by atoms with Gasteiger partial charge < -0.3 is 10.2 Å². The molecular formula is C22H32N6O6. The molecule has 0 aromatic carbocycles. The molecular weight excluding hydrogens is 444 g/mol. The van der Waals surface area contributed by atoms with Gasteiger partial charge in [-0.15, -0.1) is 0 Å². The number of carbonyl (C=O) groups excluding carboxylic acids is 2. The van der Waals surface area contributed by atoms with E-state index in [9.17, 15) is 19.2 Å². The predicted octanol–water partition coefficient (Wildman–Crippen LogP) is 1.65. The lowest BCUT2D eigenvalue weighted by molar-refractivity contribution is -0.138. The molecule has 0 saturated carbocycles. The first-order valence-corrected chi connectivity index (χ1v) is 10.6. The third-order valence-corrected chi connectivity index (χ3v) is 4.18. The zero-order valence-corrected chi connectivity index (χ0v) is 18.9. The highest BCUT2D eigenvalue weighted by atomic mass is 16.4. The van der Waals surface area contributed by atoms with Gasteiger partial charge in [0.1, 0.15) is 0 Å². The molecule has 2 amide bonds. The number of unbranched alkanes of at least 4 members (excludes halogenated alkanes) is 5. The largest absolute Gasteiger partial charge is 0.481 e. The van der Waals surface area contributed by atoms with Crippen LogP contribution in [0.15, 0.2) is 49.1 Å². The number of hydrogen-bond donors (Lipinski definition) is 6. The molecule has 0 atom stereocenters. The summed E-state index contributed by atoms with van der Waals surface area (Å²) in [5, 5.41) is 16.7. The van der Waals surface area contributed by atoms with Gasteiger partial charge in [-0.25, -0.2) is 11.7 Å². The van der Waals surface area contributed by atoms with E-state index in [4.69, 9.17) is 21.9 Å². The van der Waals surface area contributed by atoms with Crippen molar-refractivity contribution in [2.24, 2.45) is 11.7 Å². The summed E-state index contributed by atoms with van der Waals surface area (Å²) in [4.78, 5) is 49.3. The van der Waals surface area contributed by atoms with E-state index in [2.05, 4.69) is 9.97 Å². The van der Waals surface area contributed by atoms with Gasteiger partial charge in [-0.1, -0.05) is 25.7 Å². The summed E-state index contributed by atoms with van der Waals surface area (Å²) >= 11 is 0. The zero-order valence-electron chi connectivity index (χ0n) is 18.9. The summed E-state index contributed by atoms with van der Waals surface area (Å²) in [6.07, 6.45) is 12.0. The molecule has 2 heterocycles. The summed E-state index contributed by atoms with van der Waals surface area (Å²) in [5.74, 6) is 7.68. The molecule has 0 spiro atoms. The molecule has 0 bridgehead atoms. The third kappa shape index (κ3) is 16.8. The lowest BCUT2D eigenvalue weighted by Gasteiger charge is -1.98. The van der Waals surface area contributed by atoms with E-state index in [0.29, 0.717) is 11.1 Å². The second-order valence-corrected chi connectivity index (χ2v) is 6.83. The second kappa shape index (κ2) is 19.8. The van der Waals surface area contributed by atoms with Crippen molar-refractivity contribution in [1.29, 1.82) is 0 Å². The van der Waals surface area contributed by atoms with E-state index in [-0.39, 0.29) is 24.7 Å². The Morgan fingerprint density at radius 3 is 1.18 bits per heavy atom. The van der Waals surface area contributed by atoms with Crippen LogP contribution in [0.2, 0.25) is 0 Å². The molecule has 0 fully saturated rings. The summed E-state index contributed by atoms with van der Waals surface area (Å²) in [7, 11) is 0. The number of carboxylic acids is 2. The van der Waals surface area contributed by atoms with E-state index in [1.165, 1.54) is 24.8 Å². The van der Waals surface area contributed by atoms with Gasteiger partial charge in [-0.2, -0.15) is 0 Å². The smallest absolute Gasteiger partial charge is 0.303 e. The maximum Gasteiger partial charge on any atom is 0.303 e. The maximum absolute atomic E-state index is 10.7. The Bertz CT molecular complexity index is 780. The predicted molar refractivity (Wildman–Crippen MR) is 124 cm³/mol. The first-order valence-electron chi connectivity index (χ1n) is 10.6. The van der Waals surface area contributed by atoms with Crippen LogP contribution < -0.4 is 22.5 Å². The Balaban J connectivity index is 0.000000489. The second-order valence-electron chi connectivity index (χ2n) is 6.83. The molecule has 0 saturated heterocycles. The molecule has 2 rings (SSSR count). The summed E-state index contributed by atoms with van der Waals surface area (Å²) in [5.41, 5.74) is 5.05. The topological polar surface area (TPSA) is 211 Å². The van der Waals surface area contributed by atoms with Crippen LogP contribution in [-0.2, 0) is 9.59 Å². The summed E-state index contributed by atoms with van der Waals surface area (Å²) in [6.45, 7) is 0. The first kappa shape index (κ1) is 30.1. The highest BCUT2D eigenvalue weighted by Gasteiger charge is 2.00. The molecule has 0 aliphatic carbocycles. The molecule has 2 aromatic rings. The fourth-order valence-corrected chi connectivity index (χ4v) is 2.43. The summed E-state index contributed by atoms with van der Waals surface area (Å²) < 4.78 is 0. The Hall–Kier alpha value is -3.90. The number of aliphatic carboxylic acids is 2. The van der Waals surface area contributed by atoms with Gasteiger partial charge in [0.15, 0.2) is 0 Å². The molecule has 0 unspecified atom stereocenters. The highest BCUT2D eigenvalue weighted by molar-refractivity contribution is 5.93. The van der Waals surface area contributed by atoms with Gasteiger partial charge in [0, 0.05) is 48.8 Å². The number of aromatic nitrogens is 2. The normalized spacial score (nSPS) is 9.35. The molecule has 8 N–H and O–H groups in total. The van der Waals surface area contributed by atoms with Crippen LogP contribution in [-0.4, -0.2) is 43.9 Å². The van der Waals surface area contributed by atoms with E-state index in [1.54, 1.807) is 24.3 Å². The first-order chi connectivity index (χ1) is 16.3. The standard InChI is InChI=1S/C10H18O4.2C6H7N3O/c11-9(12)7-5-3-1-2-4-6-8-10(13)14;2*7-9-6(10)5-1-3-8-4-2-5/h1-8H2,(H,11,12)(H,13,14);2*1-4H,7H2,(H,9,10). The number of hydrogen-bond acceptors (Lipinski definition) is 8. The number of pyridine rings is 2. The third-order valence-electron chi connectivity index (χ3n) is 4.18. The number of nitrogens with two attached hydrogens (primary N) is 2. The highest BCUT2D eigenvalue weighted by Crippen LogP contribution is 2.08. The SMILES string of the molecule is NNC(=O)c1ccncc1.NNC(=O)c1ccncc1.O=C(O)CCCCCCCCC(=O)O. The molecule has 12 heteroatoms. The average molecular weight is 477 g/mol. The lowest BCUT2D eigenvalue weighted by Crippen LogP contribution is -2.29. The van der Waals surface area contributed by atoms with Crippen molar-refractivity contribution in [3.05, 3.63) is 60.2 Å². The van der Waals surface area contributed by atoms with Crippen LogP contribution >= 0.6 is 0 Å². The molecule has 12 nitrogen and oxygen atoms in total. The number of hydrazine groups is 2. The van der Waals surface area contributed by atoms with Crippen LogP contribution in [0.4, 0.5) is 0 Å².